The number of nitriles is 1. The molecule has 0 aliphatic carbocycles. The van der Waals surface area contributed by atoms with Crippen LogP contribution in [0.15, 0.2) is 24.8 Å². The second-order valence-corrected chi connectivity index (χ2v) is 3.71. The maximum atomic E-state index is 13.0. The third kappa shape index (κ3) is 3.23. The smallest absolute Gasteiger partial charge is 0.245 e. The van der Waals surface area contributed by atoms with Crippen LogP contribution in [0.5, 0.6) is 0 Å². The van der Waals surface area contributed by atoms with Gasteiger partial charge in [-0.15, -0.1) is 6.58 Å². The lowest BCUT2D eigenvalue weighted by atomic mass is 9.97. The highest BCUT2D eigenvalue weighted by Gasteiger charge is 2.28. The Labute approximate surface area is 112 Å². The summed E-state index contributed by atoms with van der Waals surface area (Å²) in [5.41, 5.74) is -0.596. The molecule has 0 spiro atoms. The number of Topliss-reactive ketones (excluding diaryl/α,β-unsaturated/α-hetero) is 1. The molecule has 1 aromatic rings. The number of benzene rings is 1. The zero-order valence-corrected chi connectivity index (χ0v) is 10.1. The molecular formula is C13H9F3N2O2. The standard InChI is InChI=1S/C13H9F3N2O2/c1-2-3-18-13(20)8(6-17)12(19)7-4-9(14)11(16)10(15)5-7/h2,4-5,8H,1,3H2,(H,18,20)/t8-/m1/s1. The number of carbonyl (C=O) groups is 2. The lowest BCUT2D eigenvalue weighted by molar-refractivity contribution is -0.122. The summed E-state index contributed by atoms with van der Waals surface area (Å²) in [4.78, 5) is 23.4. The van der Waals surface area contributed by atoms with Crippen LogP contribution in [0.3, 0.4) is 0 Å². The number of ketones is 1. The molecule has 0 radical (unpaired) electrons. The second kappa shape index (κ2) is 6.52. The second-order valence-electron chi connectivity index (χ2n) is 3.71. The van der Waals surface area contributed by atoms with Crippen molar-refractivity contribution in [3.63, 3.8) is 0 Å². The molecule has 1 atom stereocenters. The van der Waals surface area contributed by atoms with Crippen molar-refractivity contribution in [2.45, 2.75) is 0 Å². The van der Waals surface area contributed by atoms with Gasteiger partial charge in [-0.3, -0.25) is 9.59 Å². The Hall–Kier alpha value is -2.62. The fraction of sp³-hybridized carbons (Fsp3) is 0.154. The fourth-order valence-electron chi connectivity index (χ4n) is 1.38. The van der Waals surface area contributed by atoms with E-state index in [4.69, 9.17) is 5.26 Å². The molecular weight excluding hydrogens is 273 g/mol. The average Bonchev–Trinajstić information content (AvgIpc) is 2.42. The molecule has 0 aromatic heterocycles. The van der Waals surface area contributed by atoms with Crippen LogP contribution >= 0.6 is 0 Å². The first-order valence-electron chi connectivity index (χ1n) is 5.39. The first-order chi connectivity index (χ1) is 9.42. The molecule has 0 fully saturated rings. The first kappa shape index (κ1) is 15.4. The molecule has 7 heteroatoms. The normalized spacial score (nSPS) is 11.3. The molecule has 0 bridgehead atoms. The minimum atomic E-state index is -1.78. The topological polar surface area (TPSA) is 70.0 Å². The van der Waals surface area contributed by atoms with Crippen molar-refractivity contribution in [2.75, 3.05) is 6.54 Å². The molecule has 0 aliphatic rings. The SMILES string of the molecule is C=CCNC(=O)[C@H](C#N)C(=O)c1cc(F)c(F)c(F)c1. The number of hydrogen-bond acceptors (Lipinski definition) is 3. The maximum absolute atomic E-state index is 13.0. The van der Waals surface area contributed by atoms with Crippen LogP contribution in [0.25, 0.3) is 0 Å². The van der Waals surface area contributed by atoms with Gasteiger partial charge in [-0.1, -0.05) is 6.08 Å². The van der Waals surface area contributed by atoms with Crippen LogP contribution in [-0.4, -0.2) is 18.2 Å². The molecule has 104 valence electrons. The van der Waals surface area contributed by atoms with E-state index in [1.165, 1.54) is 12.1 Å². The fourth-order valence-corrected chi connectivity index (χ4v) is 1.38. The van der Waals surface area contributed by atoms with E-state index < -0.39 is 40.6 Å². The van der Waals surface area contributed by atoms with Crippen molar-refractivity contribution >= 4 is 11.7 Å². The molecule has 0 heterocycles. The van der Waals surface area contributed by atoms with E-state index in [9.17, 15) is 22.8 Å². The van der Waals surface area contributed by atoms with Gasteiger partial charge in [-0.05, 0) is 12.1 Å². The number of amides is 1. The number of nitrogens with one attached hydrogen (secondary N) is 1. The number of carbonyl (C=O) groups excluding carboxylic acids is 2. The molecule has 1 N–H and O–H groups in total. The summed E-state index contributed by atoms with van der Waals surface area (Å²) in [7, 11) is 0. The summed E-state index contributed by atoms with van der Waals surface area (Å²) in [5.74, 6) is -8.70. The predicted octanol–water partition coefficient (Wildman–Crippen LogP) is 1.73. The van der Waals surface area contributed by atoms with Crippen molar-refractivity contribution in [1.82, 2.24) is 5.32 Å². The van der Waals surface area contributed by atoms with Crippen LogP contribution in [0.2, 0.25) is 0 Å². The monoisotopic (exact) mass is 282 g/mol. The van der Waals surface area contributed by atoms with E-state index >= 15 is 0 Å². The number of rotatable bonds is 5. The third-order valence-corrected chi connectivity index (χ3v) is 2.34. The van der Waals surface area contributed by atoms with Gasteiger partial charge in [0, 0.05) is 12.1 Å². The summed E-state index contributed by atoms with van der Waals surface area (Å²) in [6.07, 6.45) is 1.33. The van der Waals surface area contributed by atoms with Crippen LogP contribution < -0.4 is 5.32 Å². The quantitative estimate of drug-likeness (QED) is 0.387. The Morgan fingerprint density at radius 3 is 2.35 bits per heavy atom. The molecule has 0 unspecified atom stereocenters. The molecule has 1 aromatic carbocycles. The minimum absolute atomic E-state index is 0.0242. The zero-order valence-electron chi connectivity index (χ0n) is 10.1. The van der Waals surface area contributed by atoms with Crippen LogP contribution in [0.4, 0.5) is 13.2 Å². The van der Waals surface area contributed by atoms with Crippen molar-refractivity contribution in [2.24, 2.45) is 5.92 Å². The Morgan fingerprint density at radius 1 is 1.35 bits per heavy atom. The summed E-state index contributed by atoms with van der Waals surface area (Å²) >= 11 is 0. The van der Waals surface area contributed by atoms with E-state index in [0.29, 0.717) is 12.1 Å². The van der Waals surface area contributed by atoms with Crippen molar-refractivity contribution in [3.05, 3.63) is 47.8 Å². The van der Waals surface area contributed by atoms with Gasteiger partial charge >= 0.3 is 0 Å². The maximum Gasteiger partial charge on any atom is 0.245 e. The van der Waals surface area contributed by atoms with E-state index in [-0.39, 0.29) is 6.54 Å². The van der Waals surface area contributed by atoms with Gasteiger partial charge in [-0.2, -0.15) is 5.26 Å². The average molecular weight is 282 g/mol. The summed E-state index contributed by atoms with van der Waals surface area (Å²) in [5, 5.41) is 11.0. The van der Waals surface area contributed by atoms with Gasteiger partial charge in [0.15, 0.2) is 29.2 Å². The van der Waals surface area contributed by atoms with E-state index in [1.54, 1.807) is 0 Å². The highest BCUT2D eigenvalue weighted by molar-refractivity contribution is 6.12. The zero-order chi connectivity index (χ0) is 15.3. The highest BCUT2D eigenvalue weighted by Crippen LogP contribution is 2.16. The molecule has 4 nitrogen and oxygen atoms in total. The molecule has 0 saturated carbocycles. The summed E-state index contributed by atoms with van der Waals surface area (Å²) in [6.45, 7) is 3.35. The van der Waals surface area contributed by atoms with E-state index in [2.05, 4.69) is 11.9 Å². The van der Waals surface area contributed by atoms with Crippen LogP contribution in [-0.2, 0) is 4.79 Å². The van der Waals surface area contributed by atoms with Gasteiger partial charge in [0.25, 0.3) is 0 Å². The number of nitrogens with zero attached hydrogens (tertiary/aromatic N) is 1. The minimum Gasteiger partial charge on any atom is -0.351 e. The Kier molecular flexibility index (Phi) is 5.03. The highest BCUT2D eigenvalue weighted by atomic mass is 19.2. The van der Waals surface area contributed by atoms with Crippen molar-refractivity contribution in [3.8, 4) is 6.07 Å². The number of halogens is 3. The van der Waals surface area contributed by atoms with Crippen LogP contribution in [0, 0.1) is 34.7 Å². The molecule has 0 aliphatic heterocycles. The van der Waals surface area contributed by atoms with E-state index in [0.717, 1.165) is 0 Å². The third-order valence-electron chi connectivity index (χ3n) is 2.34. The first-order valence-corrected chi connectivity index (χ1v) is 5.39. The lowest BCUT2D eigenvalue weighted by Crippen LogP contribution is -2.34. The predicted molar refractivity (Wildman–Crippen MR) is 63.0 cm³/mol. The molecule has 0 saturated heterocycles. The van der Waals surface area contributed by atoms with Crippen molar-refractivity contribution < 1.29 is 22.8 Å². The summed E-state index contributed by atoms with van der Waals surface area (Å²) < 4.78 is 38.8. The Balaban J connectivity index is 3.06. The molecule has 1 rings (SSSR count). The number of hydrogen-bond donors (Lipinski definition) is 1. The molecule has 1 amide bonds. The Morgan fingerprint density at radius 2 is 1.90 bits per heavy atom. The lowest BCUT2D eigenvalue weighted by Gasteiger charge is -2.08. The largest absolute Gasteiger partial charge is 0.351 e. The summed E-state index contributed by atoms with van der Waals surface area (Å²) in [6, 6.07) is 2.30. The van der Waals surface area contributed by atoms with Gasteiger partial charge in [0.2, 0.25) is 5.91 Å². The van der Waals surface area contributed by atoms with Gasteiger partial charge in [0.1, 0.15) is 0 Å². The molecule has 20 heavy (non-hydrogen) atoms. The Bertz CT molecular complexity index is 585. The van der Waals surface area contributed by atoms with E-state index in [1.807, 2.05) is 0 Å². The van der Waals surface area contributed by atoms with Gasteiger partial charge in [0.05, 0.1) is 6.07 Å². The van der Waals surface area contributed by atoms with Gasteiger partial charge in [-0.25, -0.2) is 13.2 Å². The van der Waals surface area contributed by atoms with Gasteiger partial charge < -0.3 is 5.32 Å². The van der Waals surface area contributed by atoms with Crippen LogP contribution in [0.1, 0.15) is 10.4 Å². The van der Waals surface area contributed by atoms with Crippen molar-refractivity contribution in [1.29, 1.82) is 5.26 Å².